The number of rotatable bonds is 9. The van der Waals surface area contributed by atoms with E-state index in [9.17, 15) is 18.8 Å². The van der Waals surface area contributed by atoms with E-state index < -0.39 is 29.8 Å². The van der Waals surface area contributed by atoms with E-state index in [4.69, 9.17) is 0 Å². The fourth-order valence-corrected chi connectivity index (χ4v) is 5.05. The summed E-state index contributed by atoms with van der Waals surface area (Å²) in [5.41, 5.74) is 1.65. The first-order valence-electron chi connectivity index (χ1n) is 13.6. The number of H-pyrrole nitrogens is 1. The first-order valence-corrected chi connectivity index (χ1v) is 13.6. The van der Waals surface area contributed by atoms with Crippen LogP contribution in [0.25, 0.3) is 11.0 Å². The first-order chi connectivity index (χ1) is 18.8. The van der Waals surface area contributed by atoms with Crippen LogP contribution in [0.3, 0.4) is 0 Å². The third-order valence-corrected chi connectivity index (χ3v) is 7.27. The molecule has 1 aliphatic rings. The average molecular weight is 537 g/mol. The van der Waals surface area contributed by atoms with Crippen LogP contribution in [0.15, 0.2) is 48.5 Å². The summed E-state index contributed by atoms with van der Waals surface area (Å²) in [5.74, 6) is -0.754. The monoisotopic (exact) mass is 536 g/mol. The minimum absolute atomic E-state index is 0.135. The van der Waals surface area contributed by atoms with Crippen LogP contribution in [0, 0.1) is 5.82 Å². The van der Waals surface area contributed by atoms with Crippen molar-refractivity contribution >= 4 is 28.9 Å². The van der Waals surface area contributed by atoms with Crippen molar-refractivity contribution in [3.8, 4) is 0 Å². The number of carbonyl (C=O) groups is 3. The Labute approximate surface area is 228 Å². The molecule has 0 radical (unpaired) electrons. The van der Waals surface area contributed by atoms with Gasteiger partial charge in [-0.1, -0.05) is 43.3 Å². The van der Waals surface area contributed by atoms with Crippen LogP contribution in [0.5, 0.6) is 0 Å². The Morgan fingerprint density at radius 2 is 1.90 bits per heavy atom. The lowest BCUT2D eigenvalue weighted by Crippen LogP contribution is -2.53. The zero-order valence-electron chi connectivity index (χ0n) is 22.7. The van der Waals surface area contributed by atoms with Crippen LogP contribution < -0.4 is 10.6 Å². The summed E-state index contributed by atoms with van der Waals surface area (Å²) in [6, 6.07) is 12.1. The highest BCUT2D eigenvalue weighted by Gasteiger charge is 2.32. The lowest BCUT2D eigenvalue weighted by atomic mass is 9.99. The zero-order valence-corrected chi connectivity index (χ0v) is 22.7. The van der Waals surface area contributed by atoms with E-state index in [1.165, 1.54) is 11.0 Å². The van der Waals surface area contributed by atoms with Gasteiger partial charge in [-0.3, -0.25) is 9.59 Å². The Kier molecular flexibility index (Phi) is 9.16. The fourth-order valence-electron chi connectivity index (χ4n) is 5.05. The van der Waals surface area contributed by atoms with Gasteiger partial charge in [0.1, 0.15) is 17.4 Å². The van der Waals surface area contributed by atoms with Gasteiger partial charge in [0.2, 0.25) is 11.8 Å². The maximum absolute atomic E-state index is 14.1. The number of likely N-dealkylation sites (tertiary alicyclic amines) is 1. The Hall–Kier alpha value is -3.95. The van der Waals surface area contributed by atoms with Crippen LogP contribution in [0.2, 0.25) is 0 Å². The van der Waals surface area contributed by atoms with Crippen molar-refractivity contribution in [3.63, 3.8) is 0 Å². The summed E-state index contributed by atoms with van der Waals surface area (Å²) in [4.78, 5) is 50.6. The molecule has 2 heterocycles. The molecular formula is C29H37FN6O3. The van der Waals surface area contributed by atoms with E-state index in [1.54, 1.807) is 26.1 Å². The second kappa shape index (κ2) is 12.7. The molecule has 3 aromatic rings. The molecular weight excluding hydrogens is 499 g/mol. The largest absolute Gasteiger partial charge is 0.345 e. The fraction of sp³-hybridized carbons (Fsp3) is 0.448. The molecule has 1 aromatic heterocycles. The number of nitrogens with zero attached hydrogens (tertiary/aromatic N) is 3. The number of aromatic nitrogens is 2. The highest BCUT2D eigenvalue weighted by atomic mass is 19.1. The quantitative estimate of drug-likeness (QED) is 0.379. The highest BCUT2D eigenvalue weighted by Crippen LogP contribution is 2.22. The van der Waals surface area contributed by atoms with Gasteiger partial charge in [-0.2, -0.15) is 0 Å². The molecule has 1 aliphatic heterocycles. The predicted octanol–water partition coefficient (Wildman–Crippen LogP) is 4.27. The van der Waals surface area contributed by atoms with Crippen molar-refractivity contribution in [2.24, 2.45) is 0 Å². The Bertz CT molecular complexity index is 1300. The smallest absolute Gasteiger partial charge is 0.318 e. The Morgan fingerprint density at radius 3 is 2.62 bits per heavy atom. The molecule has 0 unspecified atom stereocenters. The summed E-state index contributed by atoms with van der Waals surface area (Å²) < 4.78 is 14.1. The minimum atomic E-state index is -1.09. The highest BCUT2D eigenvalue weighted by molar-refractivity contribution is 5.92. The number of halogens is 1. The molecule has 1 saturated heterocycles. The lowest BCUT2D eigenvalue weighted by molar-refractivity contribution is -0.138. The van der Waals surface area contributed by atoms with E-state index >= 15 is 0 Å². The van der Waals surface area contributed by atoms with Gasteiger partial charge in [0.25, 0.3) is 0 Å². The van der Waals surface area contributed by atoms with Crippen molar-refractivity contribution in [3.05, 3.63) is 65.7 Å². The van der Waals surface area contributed by atoms with Gasteiger partial charge in [-0.15, -0.1) is 0 Å². The normalized spacial score (nSPS) is 16.9. The molecule has 39 heavy (non-hydrogen) atoms. The summed E-state index contributed by atoms with van der Waals surface area (Å²) >= 11 is 0. The number of nitrogens with one attached hydrogen (secondary N) is 3. The topological polar surface area (TPSA) is 110 Å². The van der Waals surface area contributed by atoms with E-state index in [0.29, 0.717) is 24.4 Å². The maximum Gasteiger partial charge on any atom is 0.318 e. The molecule has 9 nitrogen and oxygen atoms in total. The molecule has 0 spiro atoms. The maximum atomic E-state index is 14.1. The molecule has 3 atom stereocenters. The molecule has 10 heteroatoms. The van der Waals surface area contributed by atoms with Crippen LogP contribution in [0.4, 0.5) is 9.18 Å². The Balaban J connectivity index is 1.49. The number of imidazole rings is 1. The second-order valence-electron chi connectivity index (χ2n) is 10.2. The number of carbonyl (C=O) groups excluding carboxylic acids is 3. The van der Waals surface area contributed by atoms with Crippen LogP contribution in [-0.4, -0.2) is 63.3 Å². The van der Waals surface area contributed by atoms with E-state index in [0.717, 1.165) is 31.2 Å². The molecule has 1 fully saturated rings. The van der Waals surface area contributed by atoms with Crippen molar-refractivity contribution in [2.45, 2.75) is 70.6 Å². The third kappa shape index (κ3) is 6.93. The van der Waals surface area contributed by atoms with Crippen LogP contribution in [-0.2, 0) is 16.1 Å². The molecule has 0 aliphatic carbocycles. The summed E-state index contributed by atoms with van der Waals surface area (Å²) in [7, 11) is 1.64. The molecule has 0 saturated carbocycles. The number of aromatic amines is 1. The third-order valence-electron chi connectivity index (χ3n) is 7.27. The summed E-state index contributed by atoms with van der Waals surface area (Å²) in [6.45, 7) is 4.76. The number of piperidine rings is 1. The van der Waals surface area contributed by atoms with Crippen molar-refractivity contribution < 1.29 is 18.8 Å². The summed E-state index contributed by atoms with van der Waals surface area (Å²) in [6.07, 6.45) is 3.61. The minimum Gasteiger partial charge on any atom is -0.345 e. The molecule has 4 rings (SSSR count). The zero-order chi connectivity index (χ0) is 27.9. The number of fused-ring (bicyclic) bond motifs is 1. The van der Waals surface area contributed by atoms with Crippen molar-refractivity contribution in [2.75, 3.05) is 13.6 Å². The summed E-state index contributed by atoms with van der Waals surface area (Å²) in [5, 5.41) is 5.61. The number of amides is 4. The molecule has 0 bridgehead atoms. The number of hydrogen-bond donors (Lipinski definition) is 3. The van der Waals surface area contributed by atoms with Crippen molar-refractivity contribution in [1.82, 2.24) is 30.4 Å². The van der Waals surface area contributed by atoms with Gasteiger partial charge in [0, 0.05) is 26.2 Å². The van der Waals surface area contributed by atoms with Crippen LogP contribution in [0.1, 0.15) is 63.4 Å². The number of hydrogen-bond acceptors (Lipinski definition) is 4. The van der Waals surface area contributed by atoms with Gasteiger partial charge in [-0.05, 0) is 50.3 Å². The number of urea groups is 1. The number of para-hydroxylation sites is 1. The first kappa shape index (κ1) is 28.1. The van der Waals surface area contributed by atoms with E-state index in [2.05, 4.69) is 27.5 Å². The average Bonchev–Trinajstić information content (AvgIpc) is 3.39. The predicted molar refractivity (Wildman–Crippen MR) is 147 cm³/mol. The Morgan fingerprint density at radius 1 is 1.13 bits per heavy atom. The second-order valence-corrected chi connectivity index (χ2v) is 10.2. The molecule has 4 amide bonds. The van der Waals surface area contributed by atoms with Gasteiger partial charge in [0.15, 0.2) is 5.82 Å². The molecule has 208 valence electrons. The van der Waals surface area contributed by atoms with E-state index in [-0.39, 0.29) is 23.9 Å². The van der Waals surface area contributed by atoms with Gasteiger partial charge >= 0.3 is 6.03 Å². The van der Waals surface area contributed by atoms with Gasteiger partial charge in [0.05, 0.1) is 18.0 Å². The lowest BCUT2D eigenvalue weighted by Gasteiger charge is -2.36. The standard InChI is InChI=1S/C29H37FN6O3/c1-4-21-13-8-9-16-36(21)25(37)17-24(33-29(39)35(3)18-20-11-6-5-7-12-20)28(38)31-19(2)27-32-23-15-10-14-22(30)26(23)34-27/h5-7,10-12,14-15,19,21,24H,4,8-9,13,16-18H2,1-3H3,(H,31,38)(H,32,34)(H,33,39)/t19-,21-,24-/m0/s1. The number of benzene rings is 2. The molecule has 3 N–H and O–H groups in total. The van der Waals surface area contributed by atoms with E-state index in [1.807, 2.05) is 35.2 Å². The van der Waals surface area contributed by atoms with Gasteiger partial charge in [-0.25, -0.2) is 14.2 Å². The SMILES string of the molecule is CC[C@H]1CCCCN1C(=O)C[C@H](NC(=O)N(C)Cc1ccccc1)C(=O)N[C@@H](C)c1nc2c(F)cccc2[nH]1. The molecule has 2 aromatic carbocycles. The van der Waals surface area contributed by atoms with Crippen molar-refractivity contribution in [1.29, 1.82) is 0 Å². The van der Waals surface area contributed by atoms with Crippen LogP contribution >= 0.6 is 0 Å². The van der Waals surface area contributed by atoms with Gasteiger partial charge < -0.3 is 25.4 Å².